The van der Waals surface area contributed by atoms with Crippen LogP contribution in [-0.4, -0.2) is 0 Å². The molecule has 1 aliphatic rings. The van der Waals surface area contributed by atoms with Crippen molar-refractivity contribution in [3.8, 4) is 0 Å². The second-order valence-electron chi connectivity index (χ2n) is 2.52. The van der Waals surface area contributed by atoms with Crippen molar-refractivity contribution in [2.45, 2.75) is 0 Å². The van der Waals surface area contributed by atoms with Crippen molar-refractivity contribution >= 4 is 0 Å². The molecule has 0 radical (unpaired) electrons. The Balaban J connectivity index is 2.98. The number of allylic oxidation sites excluding steroid dienone is 7. The summed E-state index contributed by atoms with van der Waals surface area (Å²) in [6, 6.07) is 0. The van der Waals surface area contributed by atoms with E-state index in [2.05, 4.69) is 19.7 Å². The van der Waals surface area contributed by atoms with Crippen molar-refractivity contribution in [3.05, 3.63) is 61.3 Å². The first-order valence-electron chi connectivity index (χ1n) is 3.61. The largest absolute Gasteiger partial charge is 0.102 e. The zero-order valence-electron chi connectivity index (χ0n) is 6.59. The van der Waals surface area contributed by atoms with Crippen molar-refractivity contribution < 1.29 is 0 Å². The Morgan fingerprint density at radius 2 is 2.09 bits per heavy atom. The molecular weight excluding hydrogens is 132 g/mol. The summed E-state index contributed by atoms with van der Waals surface area (Å²) < 4.78 is 0. The Morgan fingerprint density at radius 1 is 1.36 bits per heavy atom. The zero-order chi connectivity index (χ0) is 8.27. The fourth-order valence-electron chi connectivity index (χ4n) is 1.19. The minimum Gasteiger partial charge on any atom is -0.102 e. The van der Waals surface area contributed by atoms with Gasteiger partial charge in [-0.3, -0.25) is 0 Å². The van der Waals surface area contributed by atoms with Crippen molar-refractivity contribution in [3.63, 3.8) is 0 Å². The minimum atomic E-state index is 0.262. The molecule has 11 heavy (non-hydrogen) atoms. The van der Waals surface area contributed by atoms with Crippen molar-refractivity contribution in [1.29, 1.82) is 0 Å². The van der Waals surface area contributed by atoms with Crippen molar-refractivity contribution in [1.82, 2.24) is 0 Å². The molecular formula is C11H12. The molecule has 0 aliphatic heterocycles. The first-order chi connectivity index (χ1) is 5.29. The maximum Gasteiger partial charge on any atom is 0.0260 e. The van der Waals surface area contributed by atoms with Gasteiger partial charge in [0.25, 0.3) is 0 Å². The van der Waals surface area contributed by atoms with Crippen molar-refractivity contribution in [2.75, 3.05) is 0 Å². The van der Waals surface area contributed by atoms with E-state index in [4.69, 9.17) is 0 Å². The molecule has 0 nitrogen and oxygen atoms in total. The highest BCUT2D eigenvalue weighted by molar-refractivity contribution is 5.43. The van der Waals surface area contributed by atoms with Gasteiger partial charge in [0.05, 0.1) is 0 Å². The minimum absolute atomic E-state index is 0.262. The summed E-state index contributed by atoms with van der Waals surface area (Å²) in [7, 11) is 0. The molecule has 1 unspecified atom stereocenters. The maximum absolute atomic E-state index is 3.92. The quantitative estimate of drug-likeness (QED) is 0.522. The zero-order valence-corrected chi connectivity index (χ0v) is 6.59. The van der Waals surface area contributed by atoms with Crippen LogP contribution in [0.1, 0.15) is 0 Å². The average Bonchev–Trinajstić information content (AvgIpc) is 2.04. The summed E-state index contributed by atoms with van der Waals surface area (Å²) in [5.74, 6) is 0.262. The second-order valence-corrected chi connectivity index (χ2v) is 2.52. The first kappa shape index (κ1) is 7.80. The van der Waals surface area contributed by atoms with Gasteiger partial charge in [0.1, 0.15) is 0 Å². The Hall–Kier alpha value is -1.30. The highest BCUT2D eigenvalue weighted by Gasteiger charge is 2.11. The van der Waals surface area contributed by atoms with Gasteiger partial charge in [-0.25, -0.2) is 0 Å². The molecule has 1 aliphatic carbocycles. The van der Waals surface area contributed by atoms with E-state index in [1.165, 1.54) is 5.57 Å². The van der Waals surface area contributed by atoms with Gasteiger partial charge in [0.2, 0.25) is 0 Å². The molecule has 0 amide bonds. The summed E-state index contributed by atoms with van der Waals surface area (Å²) >= 11 is 0. The van der Waals surface area contributed by atoms with Crippen molar-refractivity contribution in [2.24, 2.45) is 5.92 Å². The lowest BCUT2D eigenvalue weighted by Crippen LogP contribution is -2.02. The van der Waals surface area contributed by atoms with E-state index in [0.717, 1.165) is 5.57 Å². The van der Waals surface area contributed by atoms with E-state index in [0.29, 0.717) is 0 Å². The van der Waals surface area contributed by atoms with E-state index in [1.807, 2.05) is 30.4 Å². The van der Waals surface area contributed by atoms with Crippen LogP contribution in [0.15, 0.2) is 61.3 Å². The molecule has 1 rings (SSSR count). The Morgan fingerprint density at radius 3 is 2.55 bits per heavy atom. The van der Waals surface area contributed by atoms with E-state index in [9.17, 15) is 0 Å². The molecule has 0 fully saturated rings. The molecule has 0 aromatic rings. The molecule has 0 saturated carbocycles. The Labute approximate surface area is 67.9 Å². The van der Waals surface area contributed by atoms with Crippen LogP contribution in [-0.2, 0) is 0 Å². The molecule has 0 saturated heterocycles. The third-order valence-electron chi connectivity index (χ3n) is 1.83. The lowest BCUT2D eigenvalue weighted by molar-refractivity contribution is 0.951. The smallest absolute Gasteiger partial charge is 0.0260 e. The Bertz CT molecular complexity index is 251. The molecule has 0 aromatic heterocycles. The molecule has 0 bridgehead atoms. The van der Waals surface area contributed by atoms with Crippen LogP contribution in [0.3, 0.4) is 0 Å². The van der Waals surface area contributed by atoms with Crippen LogP contribution in [0, 0.1) is 5.92 Å². The SMILES string of the molecule is C=CC1=CC=CC(=C)C1C=C. The van der Waals surface area contributed by atoms with E-state index in [-0.39, 0.29) is 5.92 Å². The van der Waals surface area contributed by atoms with E-state index < -0.39 is 0 Å². The lowest BCUT2D eigenvalue weighted by Gasteiger charge is -2.16. The standard InChI is InChI=1S/C11H12/c1-4-10-8-6-7-9(3)11(10)5-2/h4-8,11H,1-3H2. The monoisotopic (exact) mass is 144 g/mol. The predicted molar refractivity (Wildman–Crippen MR) is 50.2 cm³/mol. The first-order valence-corrected chi connectivity index (χ1v) is 3.61. The van der Waals surface area contributed by atoms with Crippen LogP contribution in [0.25, 0.3) is 0 Å². The van der Waals surface area contributed by atoms with Gasteiger partial charge >= 0.3 is 0 Å². The van der Waals surface area contributed by atoms with Crippen LogP contribution >= 0.6 is 0 Å². The molecule has 0 spiro atoms. The van der Waals surface area contributed by atoms with Crippen LogP contribution in [0.5, 0.6) is 0 Å². The molecule has 0 heteroatoms. The van der Waals surface area contributed by atoms with Gasteiger partial charge in [-0.1, -0.05) is 43.5 Å². The maximum atomic E-state index is 3.92. The fourth-order valence-corrected chi connectivity index (χ4v) is 1.19. The molecule has 0 aromatic carbocycles. The van der Waals surface area contributed by atoms with Gasteiger partial charge in [0.15, 0.2) is 0 Å². The summed E-state index contributed by atoms with van der Waals surface area (Å²) in [5, 5.41) is 0. The molecule has 0 heterocycles. The highest BCUT2D eigenvalue weighted by Crippen LogP contribution is 2.25. The summed E-state index contributed by atoms with van der Waals surface area (Å²) in [6.07, 6.45) is 9.76. The second kappa shape index (κ2) is 3.20. The fraction of sp³-hybridized carbons (Fsp3) is 0.0909. The number of hydrogen-bond acceptors (Lipinski definition) is 0. The predicted octanol–water partition coefficient (Wildman–Crippen LogP) is 3.03. The van der Waals surface area contributed by atoms with Gasteiger partial charge < -0.3 is 0 Å². The Kier molecular flexibility index (Phi) is 2.27. The van der Waals surface area contributed by atoms with E-state index >= 15 is 0 Å². The molecule has 0 N–H and O–H groups in total. The topological polar surface area (TPSA) is 0 Å². The molecule has 1 atom stereocenters. The molecule has 56 valence electrons. The summed E-state index contributed by atoms with van der Waals surface area (Å²) in [4.78, 5) is 0. The number of rotatable bonds is 2. The normalized spacial score (nSPS) is 22.7. The van der Waals surface area contributed by atoms with Crippen LogP contribution < -0.4 is 0 Å². The lowest BCUT2D eigenvalue weighted by atomic mass is 9.88. The number of hydrogen-bond donors (Lipinski definition) is 0. The third kappa shape index (κ3) is 1.40. The van der Waals surface area contributed by atoms with Crippen LogP contribution in [0.4, 0.5) is 0 Å². The average molecular weight is 144 g/mol. The van der Waals surface area contributed by atoms with E-state index in [1.54, 1.807) is 0 Å². The highest BCUT2D eigenvalue weighted by atomic mass is 14.1. The third-order valence-corrected chi connectivity index (χ3v) is 1.83. The van der Waals surface area contributed by atoms with Crippen LogP contribution in [0.2, 0.25) is 0 Å². The van der Waals surface area contributed by atoms with Gasteiger partial charge in [0, 0.05) is 5.92 Å². The van der Waals surface area contributed by atoms with Gasteiger partial charge in [-0.15, -0.1) is 6.58 Å². The summed E-state index contributed by atoms with van der Waals surface area (Å²) in [6.45, 7) is 11.4. The summed E-state index contributed by atoms with van der Waals surface area (Å²) in [5.41, 5.74) is 2.25. The van der Waals surface area contributed by atoms with Gasteiger partial charge in [-0.05, 0) is 11.1 Å². The van der Waals surface area contributed by atoms with Gasteiger partial charge in [-0.2, -0.15) is 0 Å².